The van der Waals surface area contributed by atoms with Gasteiger partial charge in [-0.15, -0.1) is 6.58 Å². The summed E-state index contributed by atoms with van der Waals surface area (Å²) in [7, 11) is 0. The second kappa shape index (κ2) is 6.78. The van der Waals surface area contributed by atoms with Crippen LogP contribution in [-0.2, 0) is 6.54 Å². The van der Waals surface area contributed by atoms with Gasteiger partial charge in [-0.25, -0.2) is 8.78 Å². The zero-order valence-electron chi connectivity index (χ0n) is 12.3. The lowest BCUT2D eigenvalue weighted by atomic mass is 10.2. The summed E-state index contributed by atoms with van der Waals surface area (Å²) in [5.74, 6) is -1.82. The predicted octanol–water partition coefficient (Wildman–Crippen LogP) is 4.67. The molecule has 0 fully saturated rings. The van der Waals surface area contributed by atoms with E-state index in [1.165, 1.54) is 10.6 Å². The molecule has 0 bridgehead atoms. The maximum absolute atomic E-state index is 14.1. The summed E-state index contributed by atoms with van der Waals surface area (Å²) in [5.41, 5.74) is 0.612. The van der Waals surface area contributed by atoms with Gasteiger partial charge < -0.3 is 4.57 Å². The quantitative estimate of drug-likeness (QED) is 0.579. The van der Waals surface area contributed by atoms with Crippen molar-refractivity contribution < 1.29 is 13.6 Å². The molecule has 3 rings (SSSR count). The summed E-state index contributed by atoms with van der Waals surface area (Å²) in [4.78, 5) is 16.7. The Labute approximate surface area is 148 Å². The van der Waals surface area contributed by atoms with Crippen molar-refractivity contribution in [3.8, 4) is 0 Å². The van der Waals surface area contributed by atoms with Crippen molar-refractivity contribution in [2.24, 2.45) is 4.99 Å². The molecule has 1 heterocycles. The summed E-state index contributed by atoms with van der Waals surface area (Å²) in [5, 5.41) is 0. The number of rotatable bonds is 3. The Morgan fingerprint density at radius 1 is 1.33 bits per heavy atom. The average Bonchev–Trinajstić information content (AvgIpc) is 2.85. The van der Waals surface area contributed by atoms with Crippen molar-refractivity contribution in [3.63, 3.8) is 0 Å². The van der Waals surface area contributed by atoms with E-state index in [2.05, 4.69) is 27.5 Å². The maximum atomic E-state index is 14.1. The van der Waals surface area contributed by atoms with E-state index >= 15 is 0 Å². The fraction of sp³-hybridized carbons (Fsp3) is 0.0588. The first-order chi connectivity index (χ1) is 11.5. The summed E-state index contributed by atoms with van der Waals surface area (Å²) < 4.78 is 30.2. The fourth-order valence-electron chi connectivity index (χ4n) is 2.29. The van der Waals surface area contributed by atoms with E-state index in [1.54, 1.807) is 30.3 Å². The van der Waals surface area contributed by atoms with Crippen LogP contribution in [0.15, 0.2) is 58.5 Å². The van der Waals surface area contributed by atoms with Crippen molar-refractivity contribution in [1.82, 2.24) is 4.57 Å². The molecule has 0 aliphatic carbocycles. The van der Waals surface area contributed by atoms with Gasteiger partial charge in [0.05, 0.1) is 10.2 Å². The van der Waals surface area contributed by atoms with Gasteiger partial charge in [-0.2, -0.15) is 4.99 Å². The SMILES string of the molecule is C=CCn1c(=NC(=O)c2cccc(Br)c2)sc2cc(F)cc(F)c21. The van der Waals surface area contributed by atoms with Crippen LogP contribution in [0, 0.1) is 11.6 Å². The Bertz CT molecular complexity index is 1020. The second-order valence-corrected chi connectivity index (χ2v) is 6.87. The monoisotopic (exact) mass is 408 g/mol. The first kappa shape index (κ1) is 16.7. The van der Waals surface area contributed by atoms with E-state index in [9.17, 15) is 13.6 Å². The molecule has 0 aliphatic rings. The Balaban J connectivity index is 2.21. The topological polar surface area (TPSA) is 34.4 Å². The minimum absolute atomic E-state index is 0.210. The molecule has 1 aromatic heterocycles. The van der Waals surface area contributed by atoms with E-state index in [4.69, 9.17) is 0 Å². The largest absolute Gasteiger partial charge is 0.310 e. The molecule has 122 valence electrons. The lowest BCUT2D eigenvalue weighted by Crippen LogP contribution is -2.16. The van der Waals surface area contributed by atoms with Crippen LogP contribution in [0.1, 0.15) is 10.4 Å². The van der Waals surface area contributed by atoms with Gasteiger partial charge in [0.1, 0.15) is 5.82 Å². The molecule has 7 heteroatoms. The Morgan fingerprint density at radius 3 is 2.83 bits per heavy atom. The number of hydrogen-bond donors (Lipinski definition) is 0. The van der Waals surface area contributed by atoms with Crippen LogP contribution in [0.25, 0.3) is 10.2 Å². The van der Waals surface area contributed by atoms with Crippen LogP contribution in [-0.4, -0.2) is 10.5 Å². The molecule has 1 amide bonds. The molecule has 0 radical (unpaired) electrons. The third kappa shape index (κ3) is 3.22. The van der Waals surface area contributed by atoms with Gasteiger partial charge in [0, 0.05) is 22.6 Å². The molecule has 0 N–H and O–H groups in total. The van der Waals surface area contributed by atoms with Crippen molar-refractivity contribution in [2.45, 2.75) is 6.54 Å². The number of fused-ring (bicyclic) bond motifs is 1. The number of benzene rings is 2. The minimum Gasteiger partial charge on any atom is -0.310 e. The van der Waals surface area contributed by atoms with Crippen LogP contribution in [0.3, 0.4) is 0 Å². The Hall–Kier alpha value is -2.12. The van der Waals surface area contributed by atoms with E-state index in [0.717, 1.165) is 21.9 Å². The Morgan fingerprint density at radius 2 is 2.12 bits per heavy atom. The zero-order chi connectivity index (χ0) is 17.3. The van der Waals surface area contributed by atoms with Gasteiger partial charge in [-0.05, 0) is 24.3 Å². The van der Waals surface area contributed by atoms with Crippen LogP contribution in [0.2, 0.25) is 0 Å². The predicted molar refractivity (Wildman–Crippen MR) is 94.0 cm³/mol. The molecule has 0 saturated heterocycles. The third-order valence-corrected chi connectivity index (χ3v) is 4.79. The molecule has 2 aromatic carbocycles. The molecule has 0 saturated carbocycles. The van der Waals surface area contributed by atoms with E-state index in [-0.39, 0.29) is 12.1 Å². The van der Waals surface area contributed by atoms with E-state index in [1.807, 2.05) is 0 Å². The maximum Gasteiger partial charge on any atom is 0.279 e. The molecule has 0 aliphatic heterocycles. The first-order valence-electron chi connectivity index (χ1n) is 6.93. The number of hydrogen-bond acceptors (Lipinski definition) is 2. The summed E-state index contributed by atoms with van der Waals surface area (Å²) >= 11 is 4.36. The number of carbonyl (C=O) groups is 1. The van der Waals surface area contributed by atoms with Gasteiger partial charge in [0.2, 0.25) is 0 Å². The lowest BCUT2D eigenvalue weighted by molar-refractivity contribution is 0.0998. The van der Waals surface area contributed by atoms with Gasteiger partial charge in [0.25, 0.3) is 5.91 Å². The molecular formula is C17H11BrF2N2OS. The lowest BCUT2D eigenvalue weighted by Gasteiger charge is -2.02. The van der Waals surface area contributed by atoms with Crippen LogP contribution < -0.4 is 4.80 Å². The van der Waals surface area contributed by atoms with Crippen LogP contribution in [0.4, 0.5) is 8.78 Å². The molecule has 0 spiro atoms. The number of carbonyl (C=O) groups excluding carboxylic acids is 1. The fourth-order valence-corrected chi connectivity index (χ4v) is 3.76. The van der Waals surface area contributed by atoms with Gasteiger partial charge in [-0.3, -0.25) is 4.79 Å². The van der Waals surface area contributed by atoms with Crippen molar-refractivity contribution in [1.29, 1.82) is 0 Å². The highest BCUT2D eigenvalue weighted by molar-refractivity contribution is 9.10. The first-order valence-corrected chi connectivity index (χ1v) is 8.54. The molecular weight excluding hydrogens is 398 g/mol. The second-order valence-electron chi connectivity index (χ2n) is 4.95. The summed E-state index contributed by atoms with van der Waals surface area (Å²) in [6, 6.07) is 8.86. The average molecular weight is 409 g/mol. The highest BCUT2D eigenvalue weighted by atomic mass is 79.9. The van der Waals surface area contributed by atoms with E-state index in [0.29, 0.717) is 15.1 Å². The number of halogens is 3. The van der Waals surface area contributed by atoms with Gasteiger partial charge >= 0.3 is 0 Å². The number of thiazole rings is 1. The Kier molecular flexibility index (Phi) is 4.73. The van der Waals surface area contributed by atoms with Crippen molar-refractivity contribution in [3.05, 3.63) is 75.5 Å². The summed E-state index contributed by atoms with van der Waals surface area (Å²) in [6.45, 7) is 3.89. The highest BCUT2D eigenvalue weighted by Crippen LogP contribution is 2.22. The van der Waals surface area contributed by atoms with Crippen molar-refractivity contribution in [2.75, 3.05) is 0 Å². The van der Waals surface area contributed by atoms with Crippen LogP contribution in [0.5, 0.6) is 0 Å². The minimum atomic E-state index is -0.695. The molecule has 0 atom stereocenters. The molecule has 3 aromatic rings. The normalized spacial score (nSPS) is 11.9. The molecule has 3 nitrogen and oxygen atoms in total. The number of nitrogens with zero attached hydrogens (tertiary/aromatic N) is 2. The molecule has 0 unspecified atom stereocenters. The number of allylic oxidation sites excluding steroid dienone is 1. The van der Waals surface area contributed by atoms with Crippen molar-refractivity contribution >= 4 is 43.4 Å². The van der Waals surface area contributed by atoms with Gasteiger partial charge in [0.15, 0.2) is 10.6 Å². The summed E-state index contributed by atoms with van der Waals surface area (Å²) in [6.07, 6.45) is 1.57. The zero-order valence-corrected chi connectivity index (χ0v) is 14.7. The van der Waals surface area contributed by atoms with Crippen LogP contribution >= 0.6 is 27.3 Å². The van der Waals surface area contributed by atoms with Gasteiger partial charge in [-0.1, -0.05) is 39.4 Å². The smallest absolute Gasteiger partial charge is 0.279 e. The standard InChI is InChI=1S/C17H11BrF2N2OS/c1-2-6-22-15-13(20)8-12(19)9-14(15)24-17(22)21-16(23)10-4-3-5-11(18)7-10/h2-5,7-9H,1,6H2. The number of aromatic nitrogens is 1. The van der Waals surface area contributed by atoms with E-state index < -0.39 is 17.5 Å². The highest BCUT2D eigenvalue weighted by Gasteiger charge is 2.13. The number of amides is 1. The molecule has 24 heavy (non-hydrogen) atoms. The third-order valence-electron chi connectivity index (χ3n) is 3.28.